The largest absolute Gasteiger partial charge is 0.315 e. The van der Waals surface area contributed by atoms with Gasteiger partial charge in [-0.3, -0.25) is 0 Å². The average molecular weight is 290 g/mol. The van der Waals surface area contributed by atoms with Crippen LogP contribution in [0.15, 0.2) is 16.3 Å². The second kappa shape index (κ2) is 6.14. The third-order valence-corrected chi connectivity index (χ3v) is 6.05. The maximum absolute atomic E-state index is 12.4. The average Bonchev–Trinajstić information content (AvgIpc) is 2.78. The summed E-state index contributed by atoms with van der Waals surface area (Å²) < 4.78 is 27.6. The Hall–Kier alpha value is -0.430. The van der Waals surface area contributed by atoms with E-state index in [0.717, 1.165) is 17.7 Å². The highest BCUT2D eigenvalue weighted by Gasteiger charge is 2.29. The van der Waals surface area contributed by atoms with Crippen molar-refractivity contribution in [2.75, 3.05) is 7.05 Å². The lowest BCUT2D eigenvalue weighted by atomic mass is 9.98. The minimum absolute atomic E-state index is 0.377. The fraction of sp³-hybridized carbons (Fsp3) is 0.667. The topological polar surface area (TPSA) is 58.2 Å². The van der Waals surface area contributed by atoms with E-state index in [4.69, 9.17) is 0 Å². The number of rotatable bonds is 7. The lowest BCUT2D eigenvalue weighted by molar-refractivity contribution is 0.388. The van der Waals surface area contributed by atoms with Gasteiger partial charge >= 0.3 is 0 Å². The molecule has 0 atom stereocenters. The molecule has 2 N–H and O–H groups in total. The van der Waals surface area contributed by atoms with E-state index in [1.165, 1.54) is 11.3 Å². The first-order valence-electron chi connectivity index (χ1n) is 6.13. The maximum Gasteiger partial charge on any atom is 0.242 e. The van der Waals surface area contributed by atoms with E-state index in [-0.39, 0.29) is 5.54 Å². The van der Waals surface area contributed by atoms with Crippen molar-refractivity contribution in [1.29, 1.82) is 0 Å². The standard InChI is InChI=1S/C12H22N2O2S2/c1-5-12(3,6-2)14-18(15,16)11-7-8-17-10(11)9-13-4/h7-8,13-14H,5-6,9H2,1-4H3. The molecule has 0 spiro atoms. The Labute approximate surface area is 114 Å². The molecule has 0 fully saturated rings. The van der Waals surface area contributed by atoms with Gasteiger partial charge in [-0.15, -0.1) is 11.3 Å². The maximum atomic E-state index is 12.4. The quantitative estimate of drug-likeness (QED) is 0.810. The van der Waals surface area contributed by atoms with Crippen molar-refractivity contribution in [3.8, 4) is 0 Å². The molecule has 104 valence electrons. The van der Waals surface area contributed by atoms with Crippen LogP contribution in [0.5, 0.6) is 0 Å². The number of sulfonamides is 1. The first-order valence-corrected chi connectivity index (χ1v) is 8.49. The molecule has 0 aliphatic carbocycles. The number of hydrogen-bond donors (Lipinski definition) is 2. The van der Waals surface area contributed by atoms with Crippen molar-refractivity contribution in [2.45, 2.75) is 50.6 Å². The molecule has 1 heterocycles. The zero-order valence-corrected chi connectivity index (χ0v) is 13.0. The molecule has 0 aromatic carbocycles. The molecule has 0 bridgehead atoms. The molecule has 1 aromatic heterocycles. The first kappa shape index (κ1) is 15.6. The second-order valence-electron chi connectivity index (χ2n) is 4.61. The van der Waals surface area contributed by atoms with Crippen LogP contribution >= 0.6 is 11.3 Å². The van der Waals surface area contributed by atoms with Crippen LogP contribution in [0, 0.1) is 0 Å². The molecule has 0 aliphatic heterocycles. The van der Waals surface area contributed by atoms with E-state index in [2.05, 4.69) is 10.0 Å². The van der Waals surface area contributed by atoms with Crippen LogP contribution < -0.4 is 10.0 Å². The summed E-state index contributed by atoms with van der Waals surface area (Å²) in [5, 5.41) is 4.81. The van der Waals surface area contributed by atoms with Gasteiger partial charge in [-0.2, -0.15) is 0 Å². The molecule has 1 aromatic rings. The molecule has 0 saturated carbocycles. The summed E-state index contributed by atoms with van der Waals surface area (Å²) in [4.78, 5) is 1.24. The Morgan fingerprint density at radius 2 is 1.94 bits per heavy atom. The lowest BCUT2D eigenvalue weighted by Crippen LogP contribution is -2.44. The molecular weight excluding hydrogens is 268 g/mol. The molecule has 0 aliphatic rings. The Bertz CT molecular complexity index is 476. The Morgan fingerprint density at radius 3 is 2.44 bits per heavy atom. The van der Waals surface area contributed by atoms with E-state index in [9.17, 15) is 8.42 Å². The predicted octanol–water partition coefficient (Wildman–Crippen LogP) is 2.32. The molecule has 4 nitrogen and oxygen atoms in total. The number of nitrogens with one attached hydrogen (secondary N) is 2. The summed E-state index contributed by atoms with van der Waals surface area (Å²) in [7, 11) is -1.62. The molecule has 0 saturated heterocycles. The normalized spacial score (nSPS) is 12.9. The van der Waals surface area contributed by atoms with Crippen molar-refractivity contribution in [3.63, 3.8) is 0 Å². The number of thiophene rings is 1. The molecule has 18 heavy (non-hydrogen) atoms. The SMILES string of the molecule is CCC(C)(CC)NS(=O)(=O)c1ccsc1CNC. The highest BCUT2D eigenvalue weighted by Crippen LogP contribution is 2.24. The lowest BCUT2D eigenvalue weighted by Gasteiger charge is -2.27. The van der Waals surface area contributed by atoms with Gasteiger partial charge in [0.25, 0.3) is 0 Å². The smallest absolute Gasteiger partial charge is 0.242 e. The van der Waals surface area contributed by atoms with Gasteiger partial charge in [0.1, 0.15) is 0 Å². The van der Waals surface area contributed by atoms with Gasteiger partial charge in [-0.25, -0.2) is 13.1 Å². The van der Waals surface area contributed by atoms with Crippen molar-refractivity contribution < 1.29 is 8.42 Å². The first-order chi connectivity index (χ1) is 8.38. The summed E-state index contributed by atoms with van der Waals surface area (Å²) in [5.74, 6) is 0. The Kier molecular flexibility index (Phi) is 5.33. The van der Waals surface area contributed by atoms with Gasteiger partial charge in [0.15, 0.2) is 0 Å². The molecule has 0 unspecified atom stereocenters. The summed E-state index contributed by atoms with van der Waals surface area (Å²) >= 11 is 1.46. The van der Waals surface area contributed by atoms with Gasteiger partial charge in [0.05, 0.1) is 4.90 Å². The van der Waals surface area contributed by atoms with Crippen molar-refractivity contribution in [1.82, 2.24) is 10.0 Å². The summed E-state index contributed by atoms with van der Waals surface area (Å²) in [6.07, 6.45) is 1.54. The minimum atomic E-state index is -3.43. The van der Waals surface area contributed by atoms with Crippen LogP contribution in [0.2, 0.25) is 0 Å². The van der Waals surface area contributed by atoms with Gasteiger partial charge < -0.3 is 5.32 Å². The van der Waals surface area contributed by atoms with Gasteiger partial charge in [0.2, 0.25) is 10.0 Å². The van der Waals surface area contributed by atoms with Crippen LogP contribution in [0.3, 0.4) is 0 Å². The zero-order chi connectivity index (χ0) is 13.8. The fourth-order valence-corrected chi connectivity index (χ4v) is 4.64. The highest BCUT2D eigenvalue weighted by atomic mass is 32.2. The summed E-state index contributed by atoms with van der Waals surface area (Å²) in [5.41, 5.74) is -0.377. The summed E-state index contributed by atoms with van der Waals surface area (Å²) in [6, 6.07) is 1.67. The van der Waals surface area contributed by atoms with Crippen LogP contribution in [0.25, 0.3) is 0 Å². The van der Waals surface area contributed by atoms with Crippen LogP contribution in [0.1, 0.15) is 38.5 Å². The third-order valence-electron chi connectivity index (χ3n) is 3.27. The van der Waals surface area contributed by atoms with E-state index in [1.54, 1.807) is 6.07 Å². The molecule has 0 radical (unpaired) electrons. The van der Waals surface area contributed by atoms with Crippen molar-refractivity contribution in [3.05, 3.63) is 16.3 Å². The monoisotopic (exact) mass is 290 g/mol. The van der Waals surface area contributed by atoms with Gasteiger partial charge in [0, 0.05) is 17.0 Å². The molecule has 6 heteroatoms. The zero-order valence-electron chi connectivity index (χ0n) is 11.4. The van der Waals surface area contributed by atoms with Gasteiger partial charge in [-0.1, -0.05) is 13.8 Å². The minimum Gasteiger partial charge on any atom is -0.315 e. The number of hydrogen-bond acceptors (Lipinski definition) is 4. The Morgan fingerprint density at radius 1 is 1.33 bits per heavy atom. The van der Waals surface area contributed by atoms with E-state index in [1.807, 2.05) is 33.2 Å². The summed E-state index contributed by atoms with van der Waals surface area (Å²) in [6.45, 7) is 6.50. The predicted molar refractivity (Wildman–Crippen MR) is 76.4 cm³/mol. The van der Waals surface area contributed by atoms with E-state index >= 15 is 0 Å². The molecule has 0 amide bonds. The molecule has 1 rings (SSSR count). The molecular formula is C12H22N2O2S2. The van der Waals surface area contributed by atoms with Gasteiger partial charge in [-0.05, 0) is 38.3 Å². The van der Waals surface area contributed by atoms with Crippen molar-refractivity contribution >= 4 is 21.4 Å². The van der Waals surface area contributed by atoms with Crippen molar-refractivity contribution in [2.24, 2.45) is 0 Å². The Balaban J connectivity index is 3.03. The van der Waals surface area contributed by atoms with Crippen LogP contribution in [-0.2, 0) is 16.6 Å². The van der Waals surface area contributed by atoms with Crippen LogP contribution in [-0.4, -0.2) is 21.0 Å². The van der Waals surface area contributed by atoms with E-state index < -0.39 is 10.0 Å². The van der Waals surface area contributed by atoms with E-state index in [0.29, 0.717) is 11.4 Å². The van der Waals surface area contributed by atoms with Crippen LogP contribution in [0.4, 0.5) is 0 Å². The third kappa shape index (κ3) is 3.54. The second-order valence-corrected chi connectivity index (χ2v) is 7.26. The fourth-order valence-electron chi connectivity index (χ4n) is 1.63. The highest BCUT2D eigenvalue weighted by molar-refractivity contribution is 7.89.